The van der Waals surface area contributed by atoms with Gasteiger partial charge in [-0.05, 0) is 53.8 Å². The summed E-state index contributed by atoms with van der Waals surface area (Å²) in [5.41, 5.74) is 0.810. The Hall–Kier alpha value is -1.55. The molecule has 0 aliphatic carbocycles. The zero-order valence-corrected chi connectivity index (χ0v) is 20.9. The van der Waals surface area contributed by atoms with Gasteiger partial charge in [0, 0.05) is 25.7 Å². The van der Waals surface area contributed by atoms with E-state index in [-0.39, 0.29) is 24.0 Å². The van der Waals surface area contributed by atoms with Crippen LogP contribution in [0.3, 0.4) is 0 Å². The smallest absolute Gasteiger partial charge is 0.407 e. The van der Waals surface area contributed by atoms with Crippen LogP contribution in [0.25, 0.3) is 0 Å². The largest absolute Gasteiger partial charge is 0.444 e. The Bertz CT molecular complexity index is 603. The second-order valence-electron chi connectivity index (χ2n) is 7.88. The van der Waals surface area contributed by atoms with E-state index in [0.29, 0.717) is 25.7 Å². The quantitative estimate of drug-likeness (QED) is 0.203. The molecule has 1 rings (SSSR count). The van der Waals surface area contributed by atoms with Crippen LogP contribution in [-0.2, 0) is 11.2 Å². The summed E-state index contributed by atoms with van der Waals surface area (Å²) in [5.74, 6) is 0.744. The summed E-state index contributed by atoms with van der Waals surface area (Å²) in [6.45, 7) is 10.0. The minimum absolute atomic E-state index is 0. The summed E-state index contributed by atoms with van der Waals surface area (Å²) in [4.78, 5) is 18.6. The van der Waals surface area contributed by atoms with Crippen molar-refractivity contribution < 1.29 is 9.53 Å². The molecule has 1 amide bonds. The van der Waals surface area contributed by atoms with Gasteiger partial charge in [0.2, 0.25) is 0 Å². The minimum Gasteiger partial charge on any atom is -0.444 e. The fourth-order valence-electron chi connectivity index (χ4n) is 2.49. The zero-order chi connectivity index (χ0) is 21.0. The van der Waals surface area contributed by atoms with Crippen LogP contribution < -0.4 is 16.0 Å². The van der Waals surface area contributed by atoms with Gasteiger partial charge >= 0.3 is 6.09 Å². The molecule has 7 nitrogen and oxygen atoms in total. The number of guanidine groups is 1. The van der Waals surface area contributed by atoms with Gasteiger partial charge in [0.05, 0.1) is 6.54 Å². The number of ether oxygens (including phenoxy) is 1. The van der Waals surface area contributed by atoms with E-state index in [2.05, 4.69) is 59.2 Å². The van der Waals surface area contributed by atoms with Gasteiger partial charge in [0.15, 0.2) is 5.96 Å². The second-order valence-corrected chi connectivity index (χ2v) is 7.88. The van der Waals surface area contributed by atoms with Gasteiger partial charge in [0.25, 0.3) is 0 Å². The third kappa shape index (κ3) is 13.3. The number of rotatable bonds is 9. The predicted octanol–water partition coefficient (Wildman–Crippen LogP) is 2.86. The second kappa shape index (κ2) is 14.4. The number of amides is 1. The van der Waals surface area contributed by atoms with Crippen LogP contribution in [0.1, 0.15) is 33.3 Å². The van der Waals surface area contributed by atoms with E-state index >= 15 is 0 Å². The summed E-state index contributed by atoms with van der Waals surface area (Å²) in [6.07, 6.45) is 0.531. The van der Waals surface area contributed by atoms with Crippen molar-refractivity contribution in [1.82, 2.24) is 20.9 Å². The van der Waals surface area contributed by atoms with Crippen molar-refractivity contribution in [2.24, 2.45) is 4.99 Å². The Labute approximate surface area is 193 Å². The predicted molar refractivity (Wildman–Crippen MR) is 131 cm³/mol. The molecular weight excluding hydrogens is 481 g/mol. The molecular formula is C21H38IN5O2. The first-order valence-electron chi connectivity index (χ1n) is 9.90. The van der Waals surface area contributed by atoms with E-state index in [4.69, 9.17) is 9.73 Å². The summed E-state index contributed by atoms with van der Waals surface area (Å²) < 4.78 is 5.22. The maximum Gasteiger partial charge on any atom is 0.407 e. The van der Waals surface area contributed by atoms with Gasteiger partial charge in [0.1, 0.15) is 5.60 Å². The number of carbonyl (C=O) groups excluding carboxylic acids is 1. The van der Waals surface area contributed by atoms with Crippen LogP contribution in [-0.4, -0.2) is 68.9 Å². The molecule has 0 aliphatic rings. The van der Waals surface area contributed by atoms with E-state index in [1.165, 1.54) is 5.56 Å². The molecule has 29 heavy (non-hydrogen) atoms. The summed E-state index contributed by atoms with van der Waals surface area (Å²) in [6, 6.07) is 10.8. The Kier molecular flexibility index (Phi) is 13.7. The Morgan fingerprint density at radius 2 is 1.72 bits per heavy atom. The standard InChI is InChI=1S/C21H37N5O2.HI/c1-7-22-19(23-13-14-24-20(27)28-21(2,3)4)25-16-18(26(5)6)15-17-11-9-8-10-12-17;/h8-12,18H,7,13-16H2,1-6H3,(H,24,27)(H2,22,23,25);1H. The van der Waals surface area contributed by atoms with Gasteiger partial charge in [-0.2, -0.15) is 0 Å². The fourth-order valence-corrected chi connectivity index (χ4v) is 2.49. The fraction of sp³-hybridized carbons (Fsp3) is 0.619. The van der Waals surface area contributed by atoms with Crippen molar-refractivity contribution in [3.63, 3.8) is 0 Å². The van der Waals surface area contributed by atoms with Gasteiger partial charge in [-0.25, -0.2) is 4.79 Å². The summed E-state index contributed by atoms with van der Waals surface area (Å²) in [7, 11) is 4.16. The first-order chi connectivity index (χ1) is 13.2. The van der Waals surface area contributed by atoms with Gasteiger partial charge in [-0.1, -0.05) is 30.3 Å². The highest BCUT2D eigenvalue weighted by Crippen LogP contribution is 2.07. The van der Waals surface area contributed by atoms with Gasteiger partial charge in [-0.3, -0.25) is 4.99 Å². The van der Waals surface area contributed by atoms with Gasteiger partial charge in [-0.15, -0.1) is 24.0 Å². The third-order valence-corrected chi connectivity index (χ3v) is 3.93. The molecule has 3 N–H and O–H groups in total. The number of hydrogen-bond acceptors (Lipinski definition) is 4. The van der Waals surface area contributed by atoms with Gasteiger partial charge < -0.3 is 25.6 Å². The molecule has 0 saturated carbocycles. The molecule has 0 bridgehead atoms. The lowest BCUT2D eigenvalue weighted by Gasteiger charge is -2.23. The number of halogens is 1. The zero-order valence-electron chi connectivity index (χ0n) is 18.6. The highest BCUT2D eigenvalue weighted by Gasteiger charge is 2.15. The van der Waals surface area contributed by atoms with E-state index in [0.717, 1.165) is 18.9 Å². The van der Waals surface area contributed by atoms with Crippen LogP contribution in [0.4, 0.5) is 4.79 Å². The number of carbonyl (C=O) groups is 1. The minimum atomic E-state index is -0.492. The molecule has 1 atom stereocenters. The summed E-state index contributed by atoms with van der Waals surface area (Å²) in [5, 5.41) is 9.23. The highest BCUT2D eigenvalue weighted by atomic mass is 127. The van der Waals surface area contributed by atoms with Crippen LogP contribution in [0.15, 0.2) is 35.3 Å². The first-order valence-corrected chi connectivity index (χ1v) is 9.90. The number of nitrogens with zero attached hydrogens (tertiary/aromatic N) is 2. The molecule has 8 heteroatoms. The number of aliphatic imine (C=N–C) groups is 1. The number of alkyl carbamates (subject to hydrolysis) is 1. The maximum absolute atomic E-state index is 11.7. The van der Waals surface area contributed by atoms with Crippen molar-refractivity contribution >= 4 is 36.0 Å². The molecule has 0 heterocycles. The van der Waals surface area contributed by atoms with Crippen molar-refractivity contribution in [3.8, 4) is 0 Å². The lowest BCUT2D eigenvalue weighted by atomic mass is 10.1. The van der Waals surface area contributed by atoms with Crippen LogP contribution in [0, 0.1) is 0 Å². The highest BCUT2D eigenvalue weighted by molar-refractivity contribution is 14.0. The number of hydrogen-bond donors (Lipinski definition) is 3. The first kappa shape index (κ1) is 27.5. The molecule has 0 radical (unpaired) electrons. The molecule has 0 aromatic heterocycles. The average molecular weight is 519 g/mol. The molecule has 0 aliphatic heterocycles. The van der Waals surface area contributed by atoms with Crippen molar-refractivity contribution in [3.05, 3.63) is 35.9 Å². The van der Waals surface area contributed by atoms with Crippen molar-refractivity contribution in [2.75, 3.05) is 40.3 Å². The topological polar surface area (TPSA) is 78.0 Å². The molecule has 0 fully saturated rings. The number of nitrogens with one attached hydrogen (secondary N) is 3. The maximum atomic E-state index is 11.7. The lowest BCUT2D eigenvalue weighted by Crippen LogP contribution is -2.43. The van der Waals surface area contributed by atoms with Crippen LogP contribution in [0.2, 0.25) is 0 Å². The van der Waals surface area contributed by atoms with Crippen LogP contribution in [0.5, 0.6) is 0 Å². The Balaban J connectivity index is 0.00000784. The molecule has 0 saturated heterocycles. The normalized spacial score (nSPS) is 12.7. The summed E-state index contributed by atoms with van der Waals surface area (Å²) >= 11 is 0. The Morgan fingerprint density at radius 1 is 1.10 bits per heavy atom. The number of benzene rings is 1. The molecule has 166 valence electrons. The van der Waals surface area contributed by atoms with Crippen molar-refractivity contribution in [2.45, 2.75) is 45.8 Å². The van der Waals surface area contributed by atoms with E-state index in [1.807, 2.05) is 33.8 Å². The molecule has 1 unspecified atom stereocenters. The molecule has 0 spiro atoms. The van der Waals surface area contributed by atoms with Crippen molar-refractivity contribution in [1.29, 1.82) is 0 Å². The van der Waals surface area contributed by atoms with E-state index in [1.54, 1.807) is 0 Å². The van der Waals surface area contributed by atoms with E-state index in [9.17, 15) is 4.79 Å². The Morgan fingerprint density at radius 3 is 2.28 bits per heavy atom. The number of likely N-dealkylation sites (N-methyl/N-ethyl adjacent to an activating group) is 1. The molecule has 1 aromatic carbocycles. The third-order valence-electron chi connectivity index (χ3n) is 3.93. The van der Waals surface area contributed by atoms with Crippen LogP contribution >= 0.6 is 24.0 Å². The monoisotopic (exact) mass is 519 g/mol. The SMILES string of the molecule is CCNC(=NCC(Cc1ccccc1)N(C)C)NCCNC(=O)OC(C)(C)C.I. The lowest BCUT2D eigenvalue weighted by molar-refractivity contribution is 0.0529. The van der Waals surface area contributed by atoms with E-state index < -0.39 is 11.7 Å². The molecule has 1 aromatic rings. The average Bonchev–Trinajstić information content (AvgIpc) is 2.61.